The molecule has 1 atom stereocenters. The average Bonchev–Trinajstić information content (AvgIpc) is 3.26. The Hall–Kier alpha value is -1.39. The number of rotatable bonds is 9. The third kappa shape index (κ3) is 4.94. The monoisotopic (exact) mass is 277 g/mol. The average molecular weight is 277 g/mol. The van der Waals surface area contributed by atoms with Crippen LogP contribution in [-0.4, -0.2) is 30.8 Å². The summed E-state index contributed by atoms with van der Waals surface area (Å²) in [5.74, 6) is -0.421. The lowest BCUT2D eigenvalue weighted by Gasteiger charge is -2.09. The third-order valence-electron chi connectivity index (χ3n) is 3.65. The van der Waals surface area contributed by atoms with Crippen LogP contribution in [0.5, 0.6) is 0 Å². The summed E-state index contributed by atoms with van der Waals surface area (Å²) >= 11 is 0. The van der Waals surface area contributed by atoms with Crippen LogP contribution in [0, 0.1) is 5.92 Å². The standard InChI is InChI=1S/C16H23NO3/c1-12(16(18)19)15-6-4-13(5-7-15)10-17-8-9-20-11-14-2-3-14/h4-7,12,14,17H,2-3,8-11H2,1H3,(H,18,19). The molecule has 0 aliphatic heterocycles. The molecular formula is C16H23NO3. The number of benzene rings is 1. The lowest BCUT2D eigenvalue weighted by Crippen LogP contribution is -2.19. The van der Waals surface area contributed by atoms with Crippen molar-refractivity contribution in [1.82, 2.24) is 5.32 Å². The smallest absolute Gasteiger partial charge is 0.310 e. The highest BCUT2D eigenvalue weighted by Gasteiger charge is 2.20. The van der Waals surface area contributed by atoms with Crippen molar-refractivity contribution in [3.05, 3.63) is 35.4 Å². The summed E-state index contributed by atoms with van der Waals surface area (Å²) in [5.41, 5.74) is 2.00. The van der Waals surface area contributed by atoms with Gasteiger partial charge in [0.2, 0.25) is 0 Å². The zero-order valence-electron chi connectivity index (χ0n) is 12.0. The van der Waals surface area contributed by atoms with Gasteiger partial charge in [0.1, 0.15) is 0 Å². The highest BCUT2D eigenvalue weighted by Crippen LogP contribution is 2.28. The Morgan fingerprint density at radius 1 is 1.40 bits per heavy atom. The molecule has 1 aliphatic rings. The molecule has 4 heteroatoms. The first-order chi connectivity index (χ1) is 9.66. The maximum absolute atomic E-state index is 10.9. The van der Waals surface area contributed by atoms with Crippen molar-refractivity contribution in [3.8, 4) is 0 Å². The van der Waals surface area contributed by atoms with E-state index >= 15 is 0 Å². The van der Waals surface area contributed by atoms with Gasteiger partial charge in [0.25, 0.3) is 0 Å². The molecule has 0 bridgehead atoms. The summed E-state index contributed by atoms with van der Waals surface area (Å²) in [6.07, 6.45) is 2.66. The van der Waals surface area contributed by atoms with E-state index in [1.807, 2.05) is 24.3 Å². The van der Waals surface area contributed by atoms with E-state index in [1.165, 1.54) is 12.8 Å². The van der Waals surface area contributed by atoms with Crippen molar-refractivity contribution in [2.75, 3.05) is 19.8 Å². The lowest BCUT2D eigenvalue weighted by atomic mass is 10.0. The first-order valence-electron chi connectivity index (χ1n) is 7.27. The van der Waals surface area contributed by atoms with Gasteiger partial charge in [0, 0.05) is 19.7 Å². The number of ether oxygens (including phenoxy) is 1. The second kappa shape index (κ2) is 7.41. The molecule has 0 saturated heterocycles. The predicted octanol–water partition coefficient (Wildman–Crippen LogP) is 2.39. The fraction of sp³-hybridized carbons (Fsp3) is 0.562. The zero-order valence-corrected chi connectivity index (χ0v) is 12.0. The fourth-order valence-electron chi connectivity index (χ4n) is 1.98. The van der Waals surface area contributed by atoms with Gasteiger partial charge in [-0.05, 0) is 36.8 Å². The van der Waals surface area contributed by atoms with Crippen LogP contribution in [0.15, 0.2) is 24.3 Å². The number of nitrogens with one attached hydrogen (secondary N) is 1. The van der Waals surface area contributed by atoms with Gasteiger partial charge in [-0.25, -0.2) is 0 Å². The molecule has 1 aromatic carbocycles. The second-order valence-electron chi connectivity index (χ2n) is 5.50. The molecule has 1 aliphatic carbocycles. The van der Waals surface area contributed by atoms with Gasteiger partial charge in [-0.1, -0.05) is 24.3 Å². The van der Waals surface area contributed by atoms with E-state index in [1.54, 1.807) is 6.92 Å². The van der Waals surface area contributed by atoms with Crippen LogP contribution in [0.4, 0.5) is 0 Å². The molecule has 20 heavy (non-hydrogen) atoms. The summed E-state index contributed by atoms with van der Waals surface area (Å²) in [5, 5.41) is 12.3. The molecule has 2 rings (SSSR count). The number of carboxylic acid groups (broad SMARTS) is 1. The highest BCUT2D eigenvalue weighted by molar-refractivity contribution is 5.75. The lowest BCUT2D eigenvalue weighted by molar-refractivity contribution is -0.138. The van der Waals surface area contributed by atoms with Gasteiger partial charge < -0.3 is 15.2 Å². The molecular weight excluding hydrogens is 254 g/mol. The summed E-state index contributed by atoms with van der Waals surface area (Å²) in [6.45, 7) is 5.00. The third-order valence-corrected chi connectivity index (χ3v) is 3.65. The van der Waals surface area contributed by atoms with E-state index in [-0.39, 0.29) is 0 Å². The van der Waals surface area contributed by atoms with Crippen LogP contribution in [0.1, 0.15) is 36.8 Å². The Morgan fingerprint density at radius 3 is 2.70 bits per heavy atom. The Kier molecular flexibility index (Phi) is 5.56. The van der Waals surface area contributed by atoms with E-state index in [0.29, 0.717) is 0 Å². The largest absolute Gasteiger partial charge is 0.481 e. The number of carbonyl (C=O) groups is 1. The SMILES string of the molecule is CC(C(=O)O)c1ccc(CNCCOCC2CC2)cc1. The number of carboxylic acids is 1. The van der Waals surface area contributed by atoms with Crippen LogP contribution in [0.25, 0.3) is 0 Å². The molecule has 0 heterocycles. The molecule has 0 radical (unpaired) electrons. The zero-order chi connectivity index (χ0) is 14.4. The number of hydrogen-bond acceptors (Lipinski definition) is 3. The van der Waals surface area contributed by atoms with Crippen LogP contribution in [0.3, 0.4) is 0 Å². The summed E-state index contributed by atoms with van der Waals surface area (Å²) in [6, 6.07) is 7.73. The van der Waals surface area contributed by atoms with E-state index < -0.39 is 11.9 Å². The van der Waals surface area contributed by atoms with Crippen LogP contribution >= 0.6 is 0 Å². The topological polar surface area (TPSA) is 58.6 Å². The van der Waals surface area contributed by atoms with Crippen molar-refractivity contribution in [1.29, 1.82) is 0 Å². The van der Waals surface area contributed by atoms with Gasteiger partial charge in [0.05, 0.1) is 12.5 Å². The van der Waals surface area contributed by atoms with E-state index in [4.69, 9.17) is 9.84 Å². The molecule has 0 spiro atoms. The van der Waals surface area contributed by atoms with Gasteiger partial charge in [-0.15, -0.1) is 0 Å². The molecule has 110 valence electrons. The van der Waals surface area contributed by atoms with Crippen molar-refractivity contribution in [3.63, 3.8) is 0 Å². The van der Waals surface area contributed by atoms with Crippen LogP contribution in [-0.2, 0) is 16.1 Å². The van der Waals surface area contributed by atoms with Gasteiger partial charge in [-0.3, -0.25) is 4.79 Å². The Bertz CT molecular complexity index is 426. The normalized spacial score (nSPS) is 16.1. The highest BCUT2D eigenvalue weighted by atomic mass is 16.5. The van der Waals surface area contributed by atoms with Gasteiger partial charge in [-0.2, -0.15) is 0 Å². The number of aliphatic carboxylic acids is 1. The first kappa shape index (κ1) is 15.0. The predicted molar refractivity (Wildman–Crippen MR) is 77.7 cm³/mol. The molecule has 1 saturated carbocycles. The van der Waals surface area contributed by atoms with E-state index in [2.05, 4.69) is 5.32 Å². The molecule has 4 nitrogen and oxygen atoms in total. The Balaban J connectivity index is 1.63. The second-order valence-corrected chi connectivity index (χ2v) is 5.50. The van der Waals surface area contributed by atoms with Gasteiger partial charge >= 0.3 is 5.97 Å². The van der Waals surface area contributed by atoms with Gasteiger partial charge in [0.15, 0.2) is 0 Å². The summed E-state index contributed by atoms with van der Waals surface area (Å²) in [7, 11) is 0. The maximum Gasteiger partial charge on any atom is 0.310 e. The van der Waals surface area contributed by atoms with Crippen molar-refractivity contribution < 1.29 is 14.6 Å². The molecule has 0 aromatic heterocycles. The minimum absolute atomic E-state index is 0.451. The van der Waals surface area contributed by atoms with Crippen LogP contribution < -0.4 is 5.32 Å². The van der Waals surface area contributed by atoms with Crippen LogP contribution in [0.2, 0.25) is 0 Å². The maximum atomic E-state index is 10.9. The Labute approximate surface area is 120 Å². The minimum Gasteiger partial charge on any atom is -0.481 e. The van der Waals surface area contributed by atoms with Crippen molar-refractivity contribution >= 4 is 5.97 Å². The molecule has 0 amide bonds. The quantitative estimate of drug-likeness (QED) is 0.680. The summed E-state index contributed by atoms with van der Waals surface area (Å²) in [4.78, 5) is 10.9. The fourth-order valence-corrected chi connectivity index (χ4v) is 1.98. The minimum atomic E-state index is -0.788. The Morgan fingerprint density at radius 2 is 2.10 bits per heavy atom. The number of hydrogen-bond donors (Lipinski definition) is 2. The first-order valence-corrected chi connectivity index (χ1v) is 7.27. The molecule has 1 unspecified atom stereocenters. The molecule has 1 fully saturated rings. The summed E-state index contributed by atoms with van der Waals surface area (Å²) < 4.78 is 5.54. The van der Waals surface area contributed by atoms with Crippen molar-refractivity contribution in [2.24, 2.45) is 5.92 Å². The van der Waals surface area contributed by atoms with E-state index in [9.17, 15) is 4.79 Å². The molecule has 1 aromatic rings. The van der Waals surface area contributed by atoms with E-state index in [0.717, 1.165) is 43.3 Å². The molecule has 2 N–H and O–H groups in total. The van der Waals surface area contributed by atoms with Crippen molar-refractivity contribution in [2.45, 2.75) is 32.2 Å².